The lowest BCUT2D eigenvalue weighted by Gasteiger charge is -2.27. The van der Waals surface area contributed by atoms with Gasteiger partial charge in [-0.2, -0.15) is 0 Å². The molecule has 0 spiro atoms. The Morgan fingerprint density at radius 3 is 2.33 bits per heavy atom. The number of benzene rings is 1. The summed E-state index contributed by atoms with van der Waals surface area (Å²) in [6, 6.07) is 5.93. The van der Waals surface area contributed by atoms with Crippen molar-refractivity contribution >= 4 is 11.5 Å². The Labute approximate surface area is 125 Å². The lowest BCUT2D eigenvalue weighted by molar-refractivity contribution is -0.384. The number of non-ortho nitro benzene ring substituents is 1. The van der Waals surface area contributed by atoms with Crippen molar-refractivity contribution in [3.8, 4) is 0 Å². The quantitative estimate of drug-likeness (QED) is 0.567. The van der Waals surface area contributed by atoms with Gasteiger partial charge in [-0.15, -0.1) is 0 Å². The zero-order chi connectivity index (χ0) is 16.0. The number of ketones is 1. The maximum Gasteiger partial charge on any atom is 0.269 e. The second-order valence-corrected chi connectivity index (χ2v) is 5.68. The average Bonchev–Trinajstić information content (AvgIpc) is 2.46. The van der Waals surface area contributed by atoms with Gasteiger partial charge >= 0.3 is 0 Å². The van der Waals surface area contributed by atoms with Crippen LogP contribution in [0.25, 0.3) is 0 Å². The van der Waals surface area contributed by atoms with Crippen LogP contribution in [-0.4, -0.2) is 23.8 Å². The molecule has 21 heavy (non-hydrogen) atoms. The number of carbonyl (C=O) groups is 1. The fraction of sp³-hybridized carbons (Fsp3) is 0.533. The minimum Gasteiger partial charge on any atom is -0.297 e. The molecule has 0 amide bonds. The maximum absolute atomic E-state index is 12.6. The van der Waals surface area contributed by atoms with E-state index < -0.39 is 10.3 Å². The van der Waals surface area contributed by atoms with Gasteiger partial charge in [0.15, 0.2) is 5.78 Å². The Kier molecular flexibility index (Phi) is 5.99. The number of hydrogen-bond acceptors (Lipinski definition) is 5. The molecule has 1 aromatic rings. The van der Waals surface area contributed by atoms with Gasteiger partial charge in [0.05, 0.1) is 11.0 Å². The van der Waals surface area contributed by atoms with Gasteiger partial charge in [-0.3, -0.25) is 20.3 Å². The molecule has 6 nitrogen and oxygen atoms in total. The lowest BCUT2D eigenvalue weighted by atomic mass is 9.80. The van der Waals surface area contributed by atoms with Crippen molar-refractivity contribution in [3.05, 3.63) is 39.9 Å². The first-order valence-electron chi connectivity index (χ1n) is 7.01. The molecule has 1 unspecified atom stereocenters. The summed E-state index contributed by atoms with van der Waals surface area (Å²) in [5, 5.41) is 10.6. The number of rotatable bonds is 8. The molecule has 0 radical (unpaired) electrons. The van der Waals surface area contributed by atoms with Crippen LogP contribution in [0.3, 0.4) is 0 Å². The van der Waals surface area contributed by atoms with Crippen LogP contribution in [0.1, 0.15) is 32.8 Å². The van der Waals surface area contributed by atoms with Crippen LogP contribution in [0.4, 0.5) is 5.69 Å². The molecule has 1 atom stereocenters. The largest absolute Gasteiger partial charge is 0.297 e. The minimum atomic E-state index is -0.432. The molecule has 1 rings (SSSR count). The number of nitrogens with zero attached hydrogens (tertiary/aromatic N) is 1. The van der Waals surface area contributed by atoms with Crippen LogP contribution in [0.2, 0.25) is 0 Å². The molecule has 0 aliphatic heterocycles. The molecule has 2 N–H and O–H groups in total. The van der Waals surface area contributed by atoms with Crippen LogP contribution >= 0.6 is 0 Å². The molecule has 0 saturated carbocycles. The first-order chi connectivity index (χ1) is 9.81. The molecule has 1 aromatic carbocycles. The molecule has 0 saturated heterocycles. The van der Waals surface area contributed by atoms with Crippen molar-refractivity contribution in [2.75, 3.05) is 7.05 Å². The van der Waals surface area contributed by atoms with Gasteiger partial charge in [0, 0.05) is 17.5 Å². The van der Waals surface area contributed by atoms with E-state index in [9.17, 15) is 14.9 Å². The zero-order valence-electron chi connectivity index (χ0n) is 13.0. The van der Waals surface area contributed by atoms with Crippen LogP contribution in [-0.2, 0) is 11.2 Å². The first-order valence-corrected chi connectivity index (χ1v) is 7.01. The van der Waals surface area contributed by atoms with Gasteiger partial charge in [-0.25, -0.2) is 5.43 Å². The highest BCUT2D eigenvalue weighted by Crippen LogP contribution is 2.24. The number of Topliss-reactive ketones (excluding diaryl/α,β-unsaturated/α-hetero) is 1. The number of nitro benzene ring substituents is 1. The van der Waals surface area contributed by atoms with E-state index in [1.807, 2.05) is 20.8 Å². The van der Waals surface area contributed by atoms with Crippen molar-refractivity contribution < 1.29 is 9.72 Å². The molecule has 0 aliphatic rings. The van der Waals surface area contributed by atoms with Crippen molar-refractivity contribution in [1.82, 2.24) is 10.9 Å². The van der Waals surface area contributed by atoms with E-state index in [1.165, 1.54) is 12.1 Å². The third kappa shape index (κ3) is 4.61. The van der Waals surface area contributed by atoms with E-state index in [-0.39, 0.29) is 17.5 Å². The number of carbonyl (C=O) groups excluding carboxylic acids is 1. The molecular weight excluding hydrogens is 270 g/mol. The van der Waals surface area contributed by atoms with E-state index in [0.29, 0.717) is 6.42 Å². The summed E-state index contributed by atoms with van der Waals surface area (Å²) >= 11 is 0. The summed E-state index contributed by atoms with van der Waals surface area (Å²) in [4.78, 5) is 22.8. The fourth-order valence-electron chi connectivity index (χ4n) is 2.02. The Morgan fingerprint density at radius 2 is 1.90 bits per heavy atom. The van der Waals surface area contributed by atoms with Gasteiger partial charge in [0.25, 0.3) is 5.69 Å². The highest BCUT2D eigenvalue weighted by atomic mass is 16.6. The lowest BCUT2D eigenvalue weighted by Crippen LogP contribution is -2.49. The Balaban J connectivity index is 2.88. The second-order valence-electron chi connectivity index (χ2n) is 5.68. The Hall–Kier alpha value is -1.79. The Morgan fingerprint density at radius 1 is 1.33 bits per heavy atom. The number of nitro groups is 1. The van der Waals surface area contributed by atoms with Crippen molar-refractivity contribution in [1.29, 1.82) is 0 Å². The topological polar surface area (TPSA) is 84.3 Å². The SMILES string of the molecule is CCC(C)(C)C(=O)C(Cc1ccc([N+](=O)[O-])cc1)NNC. The first kappa shape index (κ1) is 17.3. The number of hydrogen-bond donors (Lipinski definition) is 2. The highest BCUT2D eigenvalue weighted by molar-refractivity contribution is 5.89. The molecule has 0 bridgehead atoms. The van der Waals surface area contributed by atoms with E-state index >= 15 is 0 Å². The summed E-state index contributed by atoms with van der Waals surface area (Å²) in [5.41, 5.74) is 6.32. The van der Waals surface area contributed by atoms with Crippen LogP contribution in [0.5, 0.6) is 0 Å². The predicted octanol–water partition coefficient (Wildman–Crippen LogP) is 2.24. The van der Waals surface area contributed by atoms with Crippen LogP contribution in [0, 0.1) is 15.5 Å². The molecule has 0 heterocycles. The summed E-state index contributed by atoms with van der Waals surface area (Å²) < 4.78 is 0. The standard InChI is InChI=1S/C15H23N3O3/c1-5-15(2,3)14(19)13(17-16-4)10-11-6-8-12(9-7-11)18(20)21/h6-9,13,16-17H,5,10H2,1-4H3. The fourth-order valence-corrected chi connectivity index (χ4v) is 2.02. The van der Waals surface area contributed by atoms with Crippen LogP contribution < -0.4 is 10.9 Å². The van der Waals surface area contributed by atoms with Gasteiger partial charge in [-0.05, 0) is 25.5 Å². The third-order valence-corrected chi connectivity index (χ3v) is 3.77. The highest BCUT2D eigenvalue weighted by Gasteiger charge is 2.31. The van der Waals surface area contributed by atoms with Crippen LogP contribution in [0.15, 0.2) is 24.3 Å². The third-order valence-electron chi connectivity index (χ3n) is 3.77. The molecule has 116 valence electrons. The molecule has 0 aromatic heterocycles. The molecule has 0 aliphatic carbocycles. The van der Waals surface area contributed by atoms with Crippen molar-refractivity contribution in [2.24, 2.45) is 5.41 Å². The smallest absolute Gasteiger partial charge is 0.269 e. The molecule has 0 fully saturated rings. The zero-order valence-corrected chi connectivity index (χ0v) is 13.0. The maximum atomic E-state index is 12.6. The summed E-state index contributed by atoms with van der Waals surface area (Å²) in [6.45, 7) is 5.84. The average molecular weight is 293 g/mol. The van der Waals surface area contributed by atoms with E-state index in [4.69, 9.17) is 0 Å². The number of hydrazine groups is 1. The normalized spacial score (nSPS) is 13.0. The second kappa shape index (κ2) is 7.28. The monoisotopic (exact) mass is 293 g/mol. The van der Waals surface area contributed by atoms with E-state index in [1.54, 1.807) is 19.2 Å². The molecular formula is C15H23N3O3. The van der Waals surface area contributed by atoms with E-state index in [2.05, 4.69) is 10.9 Å². The minimum absolute atomic E-state index is 0.0529. The van der Waals surface area contributed by atoms with Gasteiger partial charge in [0.1, 0.15) is 0 Å². The predicted molar refractivity (Wildman–Crippen MR) is 81.9 cm³/mol. The Bertz CT molecular complexity index is 497. The van der Waals surface area contributed by atoms with Gasteiger partial charge in [0.2, 0.25) is 0 Å². The number of nitrogens with one attached hydrogen (secondary N) is 2. The van der Waals surface area contributed by atoms with Gasteiger partial charge in [-0.1, -0.05) is 32.9 Å². The molecule has 6 heteroatoms. The summed E-state index contributed by atoms with van der Waals surface area (Å²) in [7, 11) is 1.72. The van der Waals surface area contributed by atoms with Crippen molar-refractivity contribution in [3.63, 3.8) is 0 Å². The van der Waals surface area contributed by atoms with Gasteiger partial charge < -0.3 is 0 Å². The summed E-state index contributed by atoms with van der Waals surface area (Å²) in [6.07, 6.45) is 1.25. The summed E-state index contributed by atoms with van der Waals surface area (Å²) in [5.74, 6) is 0.123. The van der Waals surface area contributed by atoms with Crippen molar-refractivity contribution in [2.45, 2.75) is 39.7 Å². The van der Waals surface area contributed by atoms with E-state index in [0.717, 1.165) is 12.0 Å².